The zero-order valence-corrected chi connectivity index (χ0v) is 35.3. The standard InChI is InChI=1S/C46H88O6/c1-5-7-9-11-13-14-22-26-29-33-37-44(47)50-40-43(52-46(49)39-35-31-24-12-10-8-6-2)41-51-45(48)38-34-30-27-23-20-18-16-15-17-19-21-25-28-32-36-42(3)4/h42-43H,5-41H2,1-4H3/t43-/m1/s1. The van der Waals surface area contributed by atoms with Crippen molar-refractivity contribution in [1.29, 1.82) is 0 Å². The number of carbonyl (C=O) groups excluding carboxylic acids is 3. The molecule has 0 saturated heterocycles. The number of ether oxygens (including phenoxy) is 3. The highest BCUT2D eigenvalue weighted by atomic mass is 16.6. The first-order valence-corrected chi connectivity index (χ1v) is 22.9. The molecule has 0 amide bonds. The molecule has 0 heterocycles. The minimum atomic E-state index is -0.757. The van der Waals surface area contributed by atoms with E-state index in [4.69, 9.17) is 14.2 Å². The Kier molecular flexibility index (Phi) is 39.4. The third-order valence-corrected chi connectivity index (χ3v) is 10.3. The van der Waals surface area contributed by atoms with E-state index in [2.05, 4.69) is 27.7 Å². The van der Waals surface area contributed by atoms with Crippen LogP contribution in [0.5, 0.6) is 0 Å². The molecule has 0 fully saturated rings. The molecular weight excluding hydrogens is 649 g/mol. The summed E-state index contributed by atoms with van der Waals surface area (Å²) < 4.78 is 16.6. The Hall–Kier alpha value is -1.59. The number of unbranched alkanes of at least 4 members (excludes halogenated alkanes) is 28. The van der Waals surface area contributed by atoms with Crippen molar-refractivity contribution in [1.82, 2.24) is 0 Å². The van der Waals surface area contributed by atoms with Crippen molar-refractivity contribution in [2.24, 2.45) is 5.92 Å². The van der Waals surface area contributed by atoms with E-state index >= 15 is 0 Å². The fourth-order valence-corrected chi connectivity index (χ4v) is 6.80. The lowest BCUT2D eigenvalue weighted by molar-refractivity contribution is -0.167. The van der Waals surface area contributed by atoms with Crippen molar-refractivity contribution in [3.8, 4) is 0 Å². The number of hydrogen-bond acceptors (Lipinski definition) is 6. The molecule has 0 aromatic carbocycles. The second-order valence-electron chi connectivity index (χ2n) is 16.2. The summed E-state index contributed by atoms with van der Waals surface area (Å²) in [6.07, 6.45) is 39.6. The lowest BCUT2D eigenvalue weighted by atomic mass is 10.0. The molecule has 1 atom stereocenters. The smallest absolute Gasteiger partial charge is 0.306 e. The molecule has 0 bridgehead atoms. The van der Waals surface area contributed by atoms with Gasteiger partial charge in [-0.2, -0.15) is 0 Å². The van der Waals surface area contributed by atoms with E-state index in [-0.39, 0.29) is 31.1 Å². The summed E-state index contributed by atoms with van der Waals surface area (Å²) in [6, 6.07) is 0. The summed E-state index contributed by atoms with van der Waals surface area (Å²) in [5.41, 5.74) is 0. The second kappa shape index (κ2) is 40.6. The molecule has 0 aliphatic rings. The van der Waals surface area contributed by atoms with E-state index in [1.807, 2.05) is 0 Å². The van der Waals surface area contributed by atoms with Gasteiger partial charge in [-0.1, -0.05) is 214 Å². The first-order chi connectivity index (χ1) is 25.4. The summed E-state index contributed by atoms with van der Waals surface area (Å²) in [5, 5.41) is 0. The molecule has 0 radical (unpaired) electrons. The second-order valence-corrected chi connectivity index (χ2v) is 16.2. The summed E-state index contributed by atoms with van der Waals surface area (Å²) >= 11 is 0. The van der Waals surface area contributed by atoms with Crippen LogP contribution in [0.3, 0.4) is 0 Å². The van der Waals surface area contributed by atoms with E-state index in [0.717, 1.165) is 63.7 Å². The first-order valence-electron chi connectivity index (χ1n) is 22.9. The minimum absolute atomic E-state index is 0.0642. The van der Waals surface area contributed by atoms with Crippen LogP contribution < -0.4 is 0 Å². The van der Waals surface area contributed by atoms with Crippen molar-refractivity contribution < 1.29 is 28.6 Å². The lowest BCUT2D eigenvalue weighted by Gasteiger charge is -2.18. The quantitative estimate of drug-likeness (QED) is 0.0353. The monoisotopic (exact) mass is 737 g/mol. The van der Waals surface area contributed by atoms with Crippen LogP contribution in [0.25, 0.3) is 0 Å². The van der Waals surface area contributed by atoms with Crippen molar-refractivity contribution in [2.75, 3.05) is 13.2 Å². The summed E-state index contributed by atoms with van der Waals surface area (Å²) in [7, 11) is 0. The van der Waals surface area contributed by atoms with Crippen LogP contribution in [0, 0.1) is 5.92 Å². The Labute approximate surface area is 323 Å². The maximum Gasteiger partial charge on any atom is 0.306 e. The summed E-state index contributed by atoms with van der Waals surface area (Å²) in [6.45, 7) is 8.96. The highest BCUT2D eigenvalue weighted by Gasteiger charge is 2.19. The van der Waals surface area contributed by atoms with Crippen LogP contribution in [0.1, 0.15) is 252 Å². The molecule has 0 aromatic rings. The van der Waals surface area contributed by atoms with Crippen LogP contribution in [0.15, 0.2) is 0 Å². The number of carbonyl (C=O) groups is 3. The van der Waals surface area contributed by atoms with Gasteiger partial charge in [0.2, 0.25) is 0 Å². The molecule has 6 nitrogen and oxygen atoms in total. The van der Waals surface area contributed by atoms with E-state index < -0.39 is 6.10 Å². The van der Waals surface area contributed by atoms with Crippen LogP contribution in [0.4, 0.5) is 0 Å². The Morgan fingerprint density at radius 3 is 0.942 bits per heavy atom. The molecule has 308 valence electrons. The lowest BCUT2D eigenvalue weighted by Crippen LogP contribution is -2.30. The predicted molar refractivity (Wildman–Crippen MR) is 220 cm³/mol. The molecule has 6 heteroatoms. The molecule has 0 saturated carbocycles. The zero-order chi connectivity index (χ0) is 38.2. The molecule has 0 rings (SSSR count). The van der Waals surface area contributed by atoms with Crippen LogP contribution in [0.2, 0.25) is 0 Å². The normalized spacial score (nSPS) is 11.9. The van der Waals surface area contributed by atoms with Gasteiger partial charge in [-0.3, -0.25) is 14.4 Å². The average Bonchev–Trinajstić information content (AvgIpc) is 3.12. The first kappa shape index (κ1) is 50.4. The fourth-order valence-electron chi connectivity index (χ4n) is 6.80. The van der Waals surface area contributed by atoms with E-state index in [9.17, 15) is 14.4 Å². The van der Waals surface area contributed by atoms with Gasteiger partial charge < -0.3 is 14.2 Å². The SMILES string of the molecule is CCCCCCCCCCCCC(=O)OC[C@H](COC(=O)CCCCCCCCCCCCCCCCC(C)C)OC(=O)CCCCCCCCC. The fraction of sp³-hybridized carbons (Fsp3) is 0.935. The number of hydrogen-bond donors (Lipinski definition) is 0. The van der Waals surface area contributed by atoms with E-state index in [0.29, 0.717) is 19.3 Å². The Balaban J connectivity index is 4.18. The Morgan fingerprint density at radius 1 is 0.365 bits per heavy atom. The van der Waals surface area contributed by atoms with Gasteiger partial charge in [0.05, 0.1) is 0 Å². The highest BCUT2D eigenvalue weighted by Crippen LogP contribution is 2.16. The molecule has 0 spiro atoms. The Bertz CT molecular complexity index is 781. The van der Waals surface area contributed by atoms with Crippen molar-refractivity contribution in [3.05, 3.63) is 0 Å². The largest absolute Gasteiger partial charge is 0.462 e. The van der Waals surface area contributed by atoms with Crippen LogP contribution >= 0.6 is 0 Å². The molecule has 0 N–H and O–H groups in total. The predicted octanol–water partition coefficient (Wildman–Crippen LogP) is 14.3. The van der Waals surface area contributed by atoms with Gasteiger partial charge in [0.15, 0.2) is 6.10 Å². The minimum Gasteiger partial charge on any atom is -0.462 e. The van der Waals surface area contributed by atoms with E-state index in [1.165, 1.54) is 148 Å². The molecule has 0 unspecified atom stereocenters. The third-order valence-electron chi connectivity index (χ3n) is 10.3. The van der Waals surface area contributed by atoms with Crippen molar-refractivity contribution in [2.45, 2.75) is 259 Å². The summed E-state index contributed by atoms with van der Waals surface area (Å²) in [5.74, 6) is -0.0168. The highest BCUT2D eigenvalue weighted by molar-refractivity contribution is 5.71. The molecule has 0 aromatic heterocycles. The number of esters is 3. The van der Waals surface area contributed by atoms with Crippen molar-refractivity contribution in [3.63, 3.8) is 0 Å². The van der Waals surface area contributed by atoms with Crippen molar-refractivity contribution >= 4 is 17.9 Å². The van der Waals surface area contributed by atoms with Gasteiger partial charge in [-0.05, 0) is 25.2 Å². The van der Waals surface area contributed by atoms with Gasteiger partial charge >= 0.3 is 17.9 Å². The zero-order valence-electron chi connectivity index (χ0n) is 35.3. The summed E-state index contributed by atoms with van der Waals surface area (Å²) in [4.78, 5) is 37.5. The maximum absolute atomic E-state index is 12.6. The number of rotatable bonds is 41. The third kappa shape index (κ3) is 39.6. The average molecular weight is 737 g/mol. The molecule has 0 aliphatic heterocycles. The van der Waals surface area contributed by atoms with Gasteiger partial charge in [-0.25, -0.2) is 0 Å². The molecular formula is C46H88O6. The van der Waals surface area contributed by atoms with Gasteiger partial charge in [-0.15, -0.1) is 0 Å². The van der Waals surface area contributed by atoms with Crippen LogP contribution in [-0.2, 0) is 28.6 Å². The Morgan fingerprint density at radius 2 is 0.635 bits per heavy atom. The topological polar surface area (TPSA) is 78.9 Å². The molecule has 52 heavy (non-hydrogen) atoms. The maximum atomic E-state index is 12.6. The molecule has 0 aliphatic carbocycles. The van der Waals surface area contributed by atoms with E-state index in [1.54, 1.807) is 0 Å². The van der Waals surface area contributed by atoms with Gasteiger partial charge in [0, 0.05) is 19.3 Å². The van der Waals surface area contributed by atoms with Gasteiger partial charge in [0.1, 0.15) is 13.2 Å². The van der Waals surface area contributed by atoms with Crippen LogP contribution in [-0.4, -0.2) is 37.2 Å². The van der Waals surface area contributed by atoms with Gasteiger partial charge in [0.25, 0.3) is 0 Å².